The van der Waals surface area contributed by atoms with Gasteiger partial charge in [-0.1, -0.05) is 6.92 Å². The number of carbonyl (C=O) groups excluding carboxylic acids is 1. The first-order valence-corrected chi connectivity index (χ1v) is 8.29. The molecule has 0 radical (unpaired) electrons. The van der Waals surface area contributed by atoms with E-state index in [0.717, 1.165) is 25.0 Å². The van der Waals surface area contributed by atoms with Gasteiger partial charge in [-0.25, -0.2) is 4.79 Å². The summed E-state index contributed by atoms with van der Waals surface area (Å²) in [5.41, 5.74) is 3.04. The Kier molecular flexibility index (Phi) is 4.50. The number of piperidine rings is 1. The fraction of sp³-hybridized carbons (Fsp3) is 0.588. The number of urea groups is 1. The first kappa shape index (κ1) is 15.8. The lowest BCUT2D eigenvalue weighted by atomic mass is 9.91. The monoisotopic (exact) mass is 317 g/mol. The molecule has 124 valence electrons. The van der Waals surface area contributed by atoms with Gasteiger partial charge in [-0.15, -0.1) is 0 Å². The highest BCUT2D eigenvalue weighted by atomic mass is 16.4. The van der Waals surface area contributed by atoms with Crippen LogP contribution in [0.5, 0.6) is 0 Å². The van der Waals surface area contributed by atoms with Gasteiger partial charge in [-0.05, 0) is 49.7 Å². The first-order valence-electron chi connectivity index (χ1n) is 8.29. The number of aryl methyl sites for hydroxylation is 2. The Morgan fingerprint density at radius 1 is 1.30 bits per heavy atom. The lowest BCUT2D eigenvalue weighted by Gasteiger charge is -2.34. The van der Waals surface area contributed by atoms with Crippen molar-refractivity contribution >= 4 is 17.7 Å². The molecular weight excluding hydrogens is 294 g/mol. The molecule has 1 aliphatic carbocycles. The Balaban J connectivity index is 1.67. The topological polar surface area (TPSA) is 82.5 Å². The average Bonchev–Trinajstić information content (AvgIpc) is 2.54. The highest BCUT2D eigenvalue weighted by Gasteiger charge is 2.32. The Morgan fingerprint density at radius 2 is 2.09 bits per heavy atom. The van der Waals surface area contributed by atoms with E-state index >= 15 is 0 Å². The number of aromatic nitrogens is 1. The number of hydrogen-bond donors (Lipinski definition) is 2. The number of amides is 2. The summed E-state index contributed by atoms with van der Waals surface area (Å²) < 4.78 is 0. The average molecular weight is 317 g/mol. The summed E-state index contributed by atoms with van der Waals surface area (Å²) >= 11 is 0. The summed E-state index contributed by atoms with van der Waals surface area (Å²) in [5, 5.41) is 12.1. The molecule has 0 spiro atoms. The van der Waals surface area contributed by atoms with Gasteiger partial charge in [-0.2, -0.15) is 0 Å². The molecular formula is C17H23N3O3. The molecule has 1 aliphatic heterocycles. The SMILES string of the molecule is CC1CC(C(=O)O)CN(C(=O)Nc2cnc3c(c2)CCCC3)C1. The van der Waals surface area contributed by atoms with Crippen LogP contribution in [0.25, 0.3) is 0 Å². The predicted molar refractivity (Wildman–Crippen MR) is 86.4 cm³/mol. The number of nitrogens with one attached hydrogen (secondary N) is 1. The molecule has 3 rings (SSSR count). The number of hydrogen-bond acceptors (Lipinski definition) is 3. The standard InChI is InChI=1S/C17H23N3O3/c1-11-6-13(16(21)22)10-20(9-11)17(23)19-14-7-12-4-2-3-5-15(12)18-8-14/h7-8,11,13H,2-6,9-10H2,1H3,(H,19,23)(H,21,22). The van der Waals surface area contributed by atoms with Crippen LogP contribution in [0, 0.1) is 11.8 Å². The number of carboxylic acids is 1. The summed E-state index contributed by atoms with van der Waals surface area (Å²) in [5.74, 6) is -1.12. The van der Waals surface area contributed by atoms with Crippen LogP contribution in [0.15, 0.2) is 12.3 Å². The Hall–Kier alpha value is -2.11. The zero-order valence-electron chi connectivity index (χ0n) is 13.4. The molecule has 0 aromatic carbocycles. The molecule has 6 nitrogen and oxygen atoms in total. The molecule has 2 heterocycles. The molecule has 1 aromatic heterocycles. The third-order valence-corrected chi connectivity index (χ3v) is 4.72. The number of likely N-dealkylation sites (tertiary alicyclic amines) is 1. The van der Waals surface area contributed by atoms with E-state index in [1.165, 1.54) is 12.0 Å². The van der Waals surface area contributed by atoms with Gasteiger partial charge in [-0.3, -0.25) is 9.78 Å². The van der Waals surface area contributed by atoms with Crippen LogP contribution in [-0.2, 0) is 17.6 Å². The van der Waals surface area contributed by atoms with Crippen molar-refractivity contribution in [2.24, 2.45) is 11.8 Å². The fourth-order valence-corrected chi connectivity index (χ4v) is 3.56. The lowest BCUT2D eigenvalue weighted by molar-refractivity contribution is -0.143. The van der Waals surface area contributed by atoms with Crippen molar-refractivity contribution in [3.8, 4) is 0 Å². The number of carbonyl (C=O) groups is 2. The zero-order chi connectivity index (χ0) is 16.4. The van der Waals surface area contributed by atoms with Crippen molar-refractivity contribution in [3.63, 3.8) is 0 Å². The lowest BCUT2D eigenvalue weighted by Crippen LogP contribution is -2.47. The van der Waals surface area contributed by atoms with E-state index in [9.17, 15) is 14.7 Å². The number of fused-ring (bicyclic) bond motifs is 1. The number of anilines is 1. The maximum Gasteiger partial charge on any atom is 0.321 e. The summed E-state index contributed by atoms with van der Waals surface area (Å²) in [6.45, 7) is 2.84. The summed E-state index contributed by atoms with van der Waals surface area (Å²) in [6.07, 6.45) is 6.68. The molecule has 6 heteroatoms. The van der Waals surface area contributed by atoms with E-state index in [1.54, 1.807) is 11.1 Å². The van der Waals surface area contributed by atoms with E-state index in [1.807, 2.05) is 13.0 Å². The highest BCUT2D eigenvalue weighted by molar-refractivity contribution is 5.89. The molecule has 23 heavy (non-hydrogen) atoms. The normalized spacial score (nSPS) is 24.0. The largest absolute Gasteiger partial charge is 0.481 e. The molecule has 0 saturated carbocycles. The van der Waals surface area contributed by atoms with E-state index < -0.39 is 11.9 Å². The second kappa shape index (κ2) is 6.56. The minimum Gasteiger partial charge on any atom is -0.481 e. The summed E-state index contributed by atoms with van der Waals surface area (Å²) in [7, 11) is 0. The molecule has 1 aromatic rings. The number of carboxylic acid groups (broad SMARTS) is 1. The van der Waals surface area contributed by atoms with E-state index in [4.69, 9.17) is 0 Å². The number of aliphatic carboxylic acids is 1. The van der Waals surface area contributed by atoms with Crippen LogP contribution in [0.3, 0.4) is 0 Å². The molecule has 2 amide bonds. The van der Waals surface area contributed by atoms with Crippen LogP contribution in [0.1, 0.15) is 37.4 Å². The van der Waals surface area contributed by atoms with E-state index in [0.29, 0.717) is 18.7 Å². The van der Waals surface area contributed by atoms with Crippen LogP contribution in [0.2, 0.25) is 0 Å². The summed E-state index contributed by atoms with van der Waals surface area (Å²) in [6, 6.07) is 1.77. The van der Waals surface area contributed by atoms with Crippen molar-refractivity contribution in [1.29, 1.82) is 0 Å². The van der Waals surface area contributed by atoms with Crippen LogP contribution >= 0.6 is 0 Å². The molecule has 2 aliphatic rings. The smallest absolute Gasteiger partial charge is 0.321 e. The molecule has 2 unspecified atom stereocenters. The van der Waals surface area contributed by atoms with Gasteiger partial charge in [0.1, 0.15) is 0 Å². The van der Waals surface area contributed by atoms with Crippen LogP contribution in [-0.4, -0.2) is 40.1 Å². The van der Waals surface area contributed by atoms with Crippen LogP contribution in [0.4, 0.5) is 10.5 Å². The van der Waals surface area contributed by atoms with Gasteiger partial charge in [0.15, 0.2) is 0 Å². The fourth-order valence-electron chi connectivity index (χ4n) is 3.56. The van der Waals surface area contributed by atoms with Gasteiger partial charge < -0.3 is 15.3 Å². The van der Waals surface area contributed by atoms with Gasteiger partial charge in [0.2, 0.25) is 0 Å². The van der Waals surface area contributed by atoms with E-state index in [-0.39, 0.29) is 18.5 Å². The molecule has 2 atom stereocenters. The highest BCUT2D eigenvalue weighted by Crippen LogP contribution is 2.24. The number of pyridine rings is 1. The third-order valence-electron chi connectivity index (χ3n) is 4.72. The predicted octanol–water partition coefficient (Wildman–Crippen LogP) is 2.53. The van der Waals surface area contributed by atoms with Crippen molar-refractivity contribution in [2.45, 2.75) is 39.0 Å². The Labute approximate surface area is 135 Å². The van der Waals surface area contributed by atoms with Gasteiger partial charge >= 0.3 is 12.0 Å². The van der Waals surface area contributed by atoms with Gasteiger partial charge in [0.05, 0.1) is 17.8 Å². The Morgan fingerprint density at radius 3 is 2.87 bits per heavy atom. The maximum atomic E-state index is 12.4. The minimum absolute atomic E-state index is 0.192. The minimum atomic E-state index is -0.829. The molecule has 2 N–H and O–H groups in total. The second-order valence-corrected chi connectivity index (χ2v) is 6.75. The molecule has 0 bridgehead atoms. The number of nitrogens with zero attached hydrogens (tertiary/aromatic N) is 2. The Bertz CT molecular complexity index is 617. The third kappa shape index (κ3) is 3.63. The van der Waals surface area contributed by atoms with Crippen molar-refractivity contribution in [2.75, 3.05) is 18.4 Å². The van der Waals surface area contributed by atoms with E-state index in [2.05, 4.69) is 10.3 Å². The van der Waals surface area contributed by atoms with Crippen molar-refractivity contribution in [1.82, 2.24) is 9.88 Å². The quantitative estimate of drug-likeness (QED) is 0.878. The summed E-state index contributed by atoms with van der Waals surface area (Å²) in [4.78, 5) is 29.7. The van der Waals surface area contributed by atoms with Gasteiger partial charge in [0, 0.05) is 18.8 Å². The molecule has 1 saturated heterocycles. The first-order chi connectivity index (χ1) is 11.0. The van der Waals surface area contributed by atoms with Crippen molar-refractivity contribution in [3.05, 3.63) is 23.5 Å². The van der Waals surface area contributed by atoms with Gasteiger partial charge in [0.25, 0.3) is 0 Å². The molecule has 1 fully saturated rings. The zero-order valence-corrected chi connectivity index (χ0v) is 13.4. The van der Waals surface area contributed by atoms with Crippen LogP contribution < -0.4 is 5.32 Å². The van der Waals surface area contributed by atoms with Crippen molar-refractivity contribution < 1.29 is 14.7 Å². The second-order valence-electron chi connectivity index (χ2n) is 6.75. The number of rotatable bonds is 2. The maximum absolute atomic E-state index is 12.4.